The number of carbonyl (C=O) groups excluding carboxylic acids is 3. The zero-order valence-electron chi connectivity index (χ0n) is 15.7. The SMILES string of the molecule is COc1cc(Cl)c(C)cc1NC(=S)NC(=O)CCN1C(=O)c2ccccc2C1=O. The van der Waals surface area contributed by atoms with Crippen molar-refractivity contribution in [3.05, 3.63) is 58.1 Å². The first-order valence-electron chi connectivity index (χ1n) is 8.72. The van der Waals surface area contributed by atoms with Crippen LogP contribution in [0.25, 0.3) is 0 Å². The maximum Gasteiger partial charge on any atom is 0.261 e. The van der Waals surface area contributed by atoms with Gasteiger partial charge in [-0.3, -0.25) is 19.3 Å². The van der Waals surface area contributed by atoms with Crippen LogP contribution in [-0.2, 0) is 4.79 Å². The number of imide groups is 1. The van der Waals surface area contributed by atoms with Crippen LogP contribution in [0.4, 0.5) is 5.69 Å². The van der Waals surface area contributed by atoms with Crippen molar-refractivity contribution in [2.24, 2.45) is 0 Å². The highest BCUT2D eigenvalue weighted by Crippen LogP contribution is 2.30. The van der Waals surface area contributed by atoms with Gasteiger partial charge in [0.05, 0.1) is 23.9 Å². The lowest BCUT2D eigenvalue weighted by atomic mass is 10.1. The predicted octanol–water partition coefficient (Wildman–Crippen LogP) is 3.16. The van der Waals surface area contributed by atoms with Crippen LogP contribution in [0.2, 0.25) is 5.02 Å². The zero-order chi connectivity index (χ0) is 21.1. The molecule has 29 heavy (non-hydrogen) atoms. The molecule has 0 atom stereocenters. The molecule has 7 nitrogen and oxygen atoms in total. The van der Waals surface area contributed by atoms with Gasteiger partial charge in [0, 0.05) is 24.1 Å². The average molecular weight is 432 g/mol. The highest BCUT2D eigenvalue weighted by Gasteiger charge is 2.34. The Labute approximate surface area is 178 Å². The Kier molecular flexibility index (Phi) is 6.14. The van der Waals surface area contributed by atoms with Gasteiger partial charge in [0.1, 0.15) is 5.75 Å². The Morgan fingerprint density at radius 1 is 1.17 bits per heavy atom. The van der Waals surface area contributed by atoms with E-state index in [9.17, 15) is 14.4 Å². The molecule has 2 aromatic rings. The van der Waals surface area contributed by atoms with Crippen LogP contribution in [0.15, 0.2) is 36.4 Å². The monoisotopic (exact) mass is 431 g/mol. The summed E-state index contributed by atoms with van der Waals surface area (Å²) in [6.07, 6.45) is -0.0793. The van der Waals surface area contributed by atoms with Crippen molar-refractivity contribution < 1.29 is 19.1 Å². The summed E-state index contributed by atoms with van der Waals surface area (Å²) in [5.41, 5.74) is 2.07. The summed E-state index contributed by atoms with van der Waals surface area (Å²) in [7, 11) is 1.50. The number of halogens is 1. The first kappa shape index (κ1) is 20.8. The molecular weight excluding hydrogens is 414 g/mol. The van der Waals surface area contributed by atoms with E-state index in [1.165, 1.54) is 7.11 Å². The Morgan fingerprint density at radius 3 is 2.38 bits per heavy atom. The summed E-state index contributed by atoms with van der Waals surface area (Å²) in [4.78, 5) is 37.9. The molecule has 1 aliphatic heterocycles. The number of anilines is 1. The summed E-state index contributed by atoms with van der Waals surface area (Å²) in [5.74, 6) is -0.757. The Bertz CT molecular complexity index is 990. The van der Waals surface area contributed by atoms with E-state index in [2.05, 4.69) is 10.6 Å². The molecule has 2 aromatic carbocycles. The molecule has 0 aliphatic carbocycles. The Balaban J connectivity index is 1.57. The summed E-state index contributed by atoms with van der Waals surface area (Å²) < 4.78 is 5.26. The predicted molar refractivity (Wildman–Crippen MR) is 114 cm³/mol. The molecule has 2 N–H and O–H groups in total. The minimum atomic E-state index is -0.427. The molecule has 0 saturated heterocycles. The smallest absolute Gasteiger partial charge is 0.261 e. The number of fused-ring (bicyclic) bond motifs is 1. The third-order valence-electron chi connectivity index (χ3n) is 4.42. The molecule has 0 aromatic heterocycles. The third kappa shape index (κ3) is 4.38. The van der Waals surface area contributed by atoms with Gasteiger partial charge in [0.2, 0.25) is 5.91 Å². The maximum absolute atomic E-state index is 12.3. The van der Waals surface area contributed by atoms with Gasteiger partial charge in [-0.1, -0.05) is 23.7 Å². The van der Waals surface area contributed by atoms with Gasteiger partial charge in [-0.05, 0) is 42.9 Å². The summed E-state index contributed by atoms with van der Waals surface area (Å²) in [6.45, 7) is 1.79. The molecule has 0 radical (unpaired) electrons. The van der Waals surface area contributed by atoms with Crippen LogP contribution >= 0.6 is 23.8 Å². The van der Waals surface area contributed by atoms with Crippen LogP contribution in [0, 0.1) is 6.92 Å². The summed E-state index contributed by atoms with van der Waals surface area (Å²) in [5, 5.41) is 6.03. The minimum Gasteiger partial charge on any atom is -0.495 e. The van der Waals surface area contributed by atoms with E-state index in [1.807, 2.05) is 6.92 Å². The average Bonchev–Trinajstić information content (AvgIpc) is 2.93. The van der Waals surface area contributed by atoms with Gasteiger partial charge in [-0.2, -0.15) is 0 Å². The second-order valence-electron chi connectivity index (χ2n) is 6.36. The minimum absolute atomic E-state index is 0.0375. The van der Waals surface area contributed by atoms with Gasteiger partial charge in [0.15, 0.2) is 5.11 Å². The van der Waals surface area contributed by atoms with Crippen molar-refractivity contribution in [2.75, 3.05) is 19.0 Å². The van der Waals surface area contributed by atoms with E-state index in [0.717, 1.165) is 10.5 Å². The van der Waals surface area contributed by atoms with E-state index in [0.29, 0.717) is 27.6 Å². The molecule has 1 heterocycles. The summed E-state index contributed by atoms with van der Waals surface area (Å²) in [6, 6.07) is 9.96. The number of amides is 3. The first-order valence-corrected chi connectivity index (χ1v) is 9.50. The molecule has 3 rings (SSSR count). The number of hydrogen-bond acceptors (Lipinski definition) is 5. The first-order chi connectivity index (χ1) is 13.8. The molecule has 0 spiro atoms. The van der Waals surface area contributed by atoms with Crippen molar-refractivity contribution in [2.45, 2.75) is 13.3 Å². The third-order valence-corrected chi connectivity index (χ3v) is 5.03. The number of ether oxygens (including phenoxy) is 1. The second kappa shape index (κ2) is 8.59. The molecule has 0 bridgehead atoms. The fraction of sp³-hybridized carbons (Fsp3) is 0.200. The number of nitrogens with one attached hydrogen (secondary N) is 2. The molecule has 9 heteroatoms. The van der Waals surface area contributed by atoms with Crippen molar-refractivity contribution in [3.8, 4) is 5.75 Å². The van der Waals surface area contributed by atoms with E-state index in [-0.39, 0.29) is 18.1 Å². The number of rotatable bonds is 5. The van der Waals surface area contributed by atoms with Crippen LogP contribution in [-0.4, -0.2) is 41.4 Å². The maximum atomic E-state index is 12.3. The highest BCUT2D eigenvalue weighted by molar-refractivity contribution is 7.80. The van der Waals surface area contributed by atoms with E-state index in [1.54, 1.807) is 36.4 Å². The van der Waals surface area contributed by atoms with Gasteiger partial charge in [0.25, 0.3) is 11.8 Å². The number of carbonyl (C=O) groups is 3. The van der Waals surface area contributed by atoms with Gasteiger partial charge < -0.3 is 15.4 Å². The van der Waals surface area contributed by atoms with Crippen LogP contribution in [0.3, 0.4) is 0 Å². The van der Waals surface area contributed by atoms with Crippen molar-refractivity contribution in [1.29, 1.82) is 0 Å². The molecule has 0 fully saturated rings. The lowest BCUT2D eigenvalue weighted by Gasteiger charge is -2.16. The van der Waals surface area contributed by atoms with Crippen molar-refractivity contribution in [3.63, 3.8) is 0 Å². The fourth-order valence-corrected chi connectivity index (χ4v) is 3.31. The number of methoxy groups -OCH3 is 1. The summed E-state index contributed by atoms with van der Waals surface area (Å²) >= 11 is 11.2. The lowest BCUT2D eigenvalue weighted by molar-refractivity contribution is -0.119. The van der Waals surface area contributed by atoms with Gasteiger partial charge >= 0.3 is 0 Å². The number of nitrogens with zero attached hydrogens (tertiary/aromatic N) is 1. The molecule has 0 saturated carbocycles. The van der Waals surface area contributed by atoms with Crippen molar-refractivity contribution in [1.82, 2.24) is 10.2 Å². The van der Waals surface area contributed by atoms with Gasteiger partial charge in [-0.25, -0.2) is 0 Å². The normalized spacial score (nSPS) is 12.6. The van der Waals surface area contributed by atoms with Gasteiger partial charge in [-0.15, -0.1) is 0 Å². The van der Waals surface area contributed by atoms with E-state index < -0.39 is 17.7 Å². The zero-order valence-corrected chi connectivity index (χ0v) is 17.3. The number of thiocarbonyl (C=S) groups is 1. The lowest BCUT2D eigenvalue weighted by Crippen LogP contribution is -2.38. The fourth-order valence-electron chi connectivity index (χ4n) is 2.93. The van der Waals surface area contributed by atoms with Crippen molar-refractivity contribution >= 4 is 52.3 Å². The number of benzene rings is 2. The molecule has 150 valence electrons. The second-order valence-corrected chi connectivity index (χ2v) is 7.18. The molecular formula is C20H18ClN3O4S. The Hall–Kier alpha value is -2.97. The molecule has 3 amide bonds. The Morgan fingerprint density at radius 2 is 1.79 bits per heavy atom. The topological polar surface area (TPSA) is 87.7 Å². The quantitative estimate of drug-likeness (QED) is 0.558. The van der Waals surface area contributed by atoms with Crippen LogP contribution < -0.4 is 15.4 Å². The van der Waals surface area contributed by atoms with Crippen LogP contribution in [0.5, 0.6) is 5.75 Å². The highest BCUT2D eigenvalue weighted by atomic mass is 35.5. The standard InChI is InChI=1S/C20H18ClN3O4S/c1-11-9-15(16(28-2)10-14(11)21)22-20(29)23-17(25)7-8-24-18(26)12-5-3-4-6-13(12)19(24)27/h3-6,9-10H,7-8H2,1-2H3,(H2,22,23,25,29). The molecule has 1 aliphatic rings. The number of aryl methyl sites for hydroxylation is 1. The van der Waals surface area contributed by atoms with Crippen LogP contribution in [0.1, 0.15) is 32.7 Å². The van der Waals surface area contributed by atoms with E-state index in [4.69, 9.17) is 28.6 Å². The molecule has 0 unspecified atom stereocenters. The number of hydrogen-bond donors (Lipinski definition) is 2. The largest absolute Gasteiger partial charge is 0.495 e. The van der Waals surface area contributed by atoms with E-state index >= 15 is 0 Å².